The Balaban J connectivity index is 2.51. The average molecular weight is 208 g/mol. The highest BCUT2D eigenvalue weighted by Gasteiger charge is 2.10. The highest BCUT2D eigenvalue weighted by molar-refractivity contribution is 7.18. The van der Waals surface area contributed by atoms with Crippen molar-refractivity contribution in [3.05, 3.63) is 28.8 Å². The van der Waals surface area contributed by atoms with E-state index in [1.165, 1.54) is 16.9 Å². The van der Waals surface area contributed by atoms with Crippen LogP contribution in [0, 0.1) is 6.92 Å². The first-order valence-corrected chi connectivity index (χ1v) is 5.27. The molecule has 4 heteroatoms. The van der Waals surface area contributed by atoms with Crippen molar-refractivity contribution in [2.24, 2.45) is 5.73 Å². The number of nitrogens with zero attached hydrogens (tertiary/aromatic N) is 1. The number of nitrogens with two attached hydrogens (primary N) is 1. The van der Waals surface area contributed by atoms with E-state index < -0.39 is 6.10 Å². The van der Waals surface area contributed by atoms with Gasteiger partial charge in [-0.15, -0.1) is 11.3 Å². The van der Waals surface area contributed by atoms with E-state index in [0.717, 1.165) is 10.2 Å². The standard InChI is InChI=1S/C10H12N2OS/c1-6-2-3-7-9(4-6)14-10(12-7)8(13)5-11/h2-4,8,13H,5,11H2,1H3. The Morgan fingerprint density at radius 2 is 2.36 bits per heavy atom. The summed E-state index contributed by atoms with van der Waals surface area (Å²) in [7, 11) is 0. The molecule has 14 heavy (non-hydrogen) atoms. The molecule has 0 saturated heterocycles. The maximum Gasteiger partial charge on any atom is 0.124 e. The van der Waals surface area contributed by atoms with Crippen LogP contribution in [0.25, 0.3) is 10.2 Å². The molecule has 2 rings (SSSR count). The second-order valence-electron chi connectivity index (χ2n) is 3.27. The summed E-state index contributed by atoms with van der Waals surface area (Å²) in [5.41, 5.74) is 7.51. The van der Waals surface area contributed by atoms with Crippen molar-refractivity contribution in [1.82, 2.24) is 4.98 Å². The van der Waals surface area contributed by atoms with Crippen LogP contribution in [0.4, 0.5) is 0 Å². The molecule has 1 heterocycles. The predicted molar refractivity (Wildman–Crippen MR) is 58.4 cm³/mol. The van der Waals surface area contributed by atoms with E-state index in [2.05, 4.69) is 11.1 Å². The van der Waals surface area contributed by atoms with E-state index in [9.17, 15) is 5.11 Å². The van der Waals surface area contributed by atoms with Crippen molar-refractivity contribution in [2.45, 2.75) is 13.0 Å². The molecule has 1 aromatic heterocycles. The number of aromatic nitrogens is 1. The summed E-state index contributed by atoms with van der Waals surface area (Å²) in [6.45, 7) is 2.26. The molecule has 1 atom stereocenters. The highest BCUT2D eigenvalue weighted by atomic mass is 32.1. The monoisotopic (exact) mass is 208 g/mol. The minimum Gasteiger partial charge on any atom is -0.385 e. The van der Waals surface area contributed by atoms with Gasteiger partial charge in [-0.1, -0.05) is 6.07 Å². The van der Waals surface area contributed by atoms with Crippen molar-refractivity contribution < 1.29 is 5.11 Å². The lowest BCUT2D eigenvalue weighted by Crippen LogP contribution is -2.10. The fraction of sp³-hybridized carbons (Fsp3) is 0.300. The number of hydrogen-bond acceptors (Lipinski definition) is 4. The van der Waals surface area contributed by atoms with E-state index in [0.29, 0.717) is 5.01 Å². The van der Waals surface area contributed by atoms with Crippen molar-refractivity contribution in [3.8, 4) is 0 Å². The number of aliphatic hydroxyl groups excluding tert-OH is 1. The third-order valence-electron chi connectivity index (χ3n) is 2.07. The molecular weight excluding hydrogens is 196 g/mol. The lowest BCUT2D eigenvalue weighted by atomic mass is 10.2. The normalized spacial score (nSPS) is 13.4. The van der Waals surface area contributed by atoms with E-state index in [-0.39, 0.29) is 6.54 Å². The minimum atomic E-state index is -0.632. The van der Waals surface area contributed by atoms with Crippen LogP contribution in [-0.2, 0) is 0 Å². The summed E-state index contributed by atoms with van der Waals surface area (Å²) >= 11 is 1.50. The number of rotatable bonds is 2. The minimum absolute atomic E-state index is 0.221. The average Bonchev–Trinajstić information content (AvgIpc) is 2.59. The number of aryl methyl sites for hydroxylation is 1. The molecule has 2 aromatic rings. The first kappa shape index (κ1) is 9.58. The zero-order chi connectivity index (χ0) is 10.1. The van der Waals surface area contributed by atoms with Gasteiger partial charge >= 0.3 is 0 Å². The fourth-order valence-corrected chi connectivity index (χ4v) is 2.36. The topological polar surface area (TPSA) is 59.1 Å². The Hall–Kier alpha value is -0.970. The Morgan fingerprint density at radius 3 is 3.07 bits per heavy atom. The summed E-state index contributed by atoms with van der Waals surface area (Å²) in [6.07, 6.45) is -0.632. The smallest absolute Gasteiger partial charge is 0.124 e. The third-order valence-corrected chi connectivity index (χ3v) is 3.19. The van der Waals surface area contributed by atoms with Gasteiger partial charge in [-0.05, 0) is 24.6 Å². The van der Waals surface area contributed by atoms with Crippen LogP contribution in [0.1, 0.15) is 16.7 Å². The summed E-state index contributed by atoms with van der Waals surface area (Å²) in [5.74, 6) is 0. The van der Waals surface area contributed by atoms with Crippen LogP contribution in [-0.4, -0.2) is 16.6 Å². The van der Waals surface area contributed by atoms with Crippen LogP contribution in [0.5, 0.6) is 0 Å². The Bertz CT molecular complexity index is 452. The molecule has 0 aliphatic heterocycles. The van der Waals surface area contributed by atoms with Crippen LogP contribution in [0.2, 0.25) is 0 Å². The first-order valence-electron chi connectivity index (χ1n) is 4.46. The third kappa shape index (κ3) is 1.64. The molecule has 3 N–H and O–H groups in total. The Labute approximate surface area is 86.2 Å². The van der Waals surface area contributed by atoms with E-state index >= 15 is 0 Å². The second kappa shape index (κ2) is 3.65. The van der Waals surface area contributed by atoms with Gasteiger partial charge in [0.1, 0.15) is 11.1 Å². The van der Waals surface area contributed by atoms with Crippen molar-refractivity contribution in [3.63, 3.8) is 0 Å². The van der Waals surface area contributed by atoms with Gasteiger partial charge in [-0.25, -0.2) is 4.98 Å². The molecule has 0 aliphatic rings. The van der Waals surface area contributed by atoms with Gasteiger partial charge in [0, 0.05) is 6.54 Å². The molecular formula is C10H12N2OS. The number of benzene rings is 1. The summed E-state index contributed by atoms with van der Waals surface area (Å²) in [5, 5.41) is 10.2. The number of hydrogen-bond donors (Lipinski definition) is 2. The second-order valence-corrected chi connectivity index (χ2v) is 4.34. The molecule has 0 spiro atoms. The molecule has 1 unspecified atom stereocenters. The van der Waals surface area contributed by atoms with Crippen molar-refractivity contribution in [1.29, 1.82) is 0 Å². The SMILES string of the molecule is Cc1ccc2nc(C(O)CN)sc2c1. The summed E-state index contributed by atoms with van der Waals surface area (Å²) in [6, 6.07) is 6.05. The van der Waals surface area contributed by atoms with Gasteiger partial charge in [-0.3, -0.25) is 0 Å². The maximum atomic E-state index is 9.52. The van der Waals surface area contributed by atoms with Gasteiger partial charge in [-0.2, -0.15) is 0 Å². The van der Waals surface area contributed by atoms with E-state index in [1.807, 2.05) is 19.1 Å². The number of fused-ring (bicyclic) bond motifs is 1. The molecule has 0 aliphatic carbocycles. The summed E-state index contributed by atoms with van der Waals surface area (Å²) in [4.78, 5) is 4.31. The Kier molecular flexibility index (Phi) is 2.50. The lowest BCUT2D eigenvalue weighted by Gasteiger charge is -2.00. The molecule has 74 valence electrons. The largest absolute Gasteiger partial charge is 0.385 e. The number of thiazole rings is 1. The molecule has 0 fully saturated rings. The fourth-order valence-electron chi connectivity index (χ4n) is 1.29. The Morgan fingerprint density at radius 1 is 1.57 bits per heavy atom. The molecule has 0 amide bonds. The molecule has 0 radical (unpaired) electrons. The van der Waals surface area contributed by atoms with Gasteiger partial charge in [0.2, 0.25) is 0 Å². The molecule has 0 bridgehead atoms. The van der Waals surface area contributed by atoms with Crippen molar-refractivity contribution >= 4 is 21.6 Å². The van der Waals surface area contributed by atoms with E-state index in [1.54, 1.807) is 0 Å². The van der Waals surface area contributed by atoms with Crippen LogP contribution in [0.3, 0.4) is 0 Å². The zero-order valence-electron chi connectivity index (χ0n) is 7.90. The maximum absolute atomic E-state index is 9.52. The molecule has 3 nitrogen and oxygen atoms in total. The van der Waals surface area contributed by atoms with Gasteiger partial charge < -0.3 is 10.8 Å². The lowest BCUT2D eigenvalue weighted by molar-refractivity contribution is 0.186. The highest BCUT2D eigenvalue weighted by Crippen LogP contribution is 2.26. The summed E-state index contributed by atoms with van der Waals surface area (Å²) < 4.78 is 1.10. The van der Waals surface area contributed by atoms with Gasteiger partial charge in [0.05, 0.1) is 10.2 Å². The first-order chi connectivity index (χ1) is 6.70. The van der Waals surface area contributed by atoms with Crippen molar-refractivity contribution in [2.75, 3.05) is 6.54 Å². The molecule has 0 saturated carbocycles. The van der Waals surface area contributed by atoms with Crippen LogP contribution in [0.15, 0.2) is 18.2 Å². The predicted octanol–water partition coefficient (Wildman–Crippen LogP) is 1.60. The van der Waals surface area contributed by atoms with E-state index in [4.69, 9.17) is 5.73 Å². The van der Waals surface area contributed by atoms with Gasteiger partial charge in [0.15, 0.2) is 0 Å². The molecule has 1 aromatic carbocycles. The quantitative estimate of drug-likeness (QED) is 0.788. The number of aliphatic hydroxyl groups is 1. The zero-order valence-corrected chi connectivity index (χ0v) is 8.71. The van der Waals surface area contributed by atoms with Crippen LogP contribution < -0.4 is 5.73 Å². The van der Waals surface area contributed by atoms with Crippen LogP contribution >= 0.6 is 11.3 Å². The van der Waals surface area contributed by atoms with Gasteiger partial charge in [0.25, 0.3) is 0 Å².